The molecule has 2 fully saturated rings. The molecule has 2 heterocycles. The molecule has 0 amide bonds. The number of rotatable bonds is 5. The Labute approximate surface area is 196 Å². The molecule has 0 saturated carbocycles. The molecule has 3 aromatic carbocycles. The van der Waals surface area contributed by atoms with Crippen molar-refractivity contribution >= 4 is 10.0 Å². The molecule has 5 rings (SSSR count). The molecule has 33 heavy (non-hydrogen) atoms. The minimum absolute atomic E-state index is 0.0250. The standard InChI is InChI=1S/C27H30N2O3S/c30-20-26-27(23-15-13-22(14-16-23)21-9-3-1-4-10-21)25-19-28(17-7-8-18-29(25)26)33(31,32)24-11-5-2-6-12-24/h1-6,9-16,25-27,30H,7-8,17-20H2/t25-,26-,27+/m1/s1. The predicted octanol–water partition coefficient (Wildman–Crippen LogP) is 3.97. The fraction of sp³-hybridized carbons (Fsp3) is 0.333. The summed E-state index contributed by atoms with van der Waals surface area (Å²) in [7, 11) is -3.55. The number of sulfonamides is 1. The average molecular weight is 463 g/mol. The van der Waals surface area contributed by atoms with E-state index in [0.717, 1.165) is 30.5 Å². The Bertz CT molecular complexity index is 1170. The molecular weight excluding hydrogens is 432 g/mol. The zero-order valence-electron chi connectivity index (χ0n) is 18.6. The van der Waals surface area contributed by atoms with Crippen molar-refractivity contribution in [3.63, 3.8) is 0 Å². The third kappa shape index (κ3) is 4.24. The van der Waals surface area contributed by atoms with Gasteiger partial charge < -0.3 is 5.11 Å². The molecular formula is C27H30N2O3S. The lowest BCUT2D eigenvalue weighted by Gasteiger charge is -2.57. The van der Waals surface area contributed by atoms with Gasteiger partial charge in [-0.2, -0.15) is 4.31 Å². The Morgan fingerprint density at radius 2 is 1.39 bits per heavy atom. The van der Waals surface area contributed by atoms with Crippen molar-refractivity contribution in [2.45, 2.75) is 35.7 Å². The van der Waals surface area contributed by atoms with Crippen LogP contribution in [0.3, 0.4) is 0 Å². The van der Waals surface area contributed by atoms with Gasteiger partial charge in [0.1, 0.15) is 0 Å². The molecule has 2 saturated heterocycles. The van der Waals surface area contributed by atoms with Crippen molar-refractivity contribution in [3.05, 3.63) is 90.5 Å². The van der Waals surface area contributed by atoms with Gasteiger partial charge in [0, 0.05) is 31.1 Å². The number of hydrogen-bond donors (Lipinski definition) is 1. The van der Waals surface area contributed by atoms with E-state index in [1.807, 2.05) is 24.3 Å². The van der Waals surface area contributed by atoms with Crippen molar-refractivity contribution in [1.29, 1.82) is 0 Å². The van der Waals surface area contributed by atoms with Crippen molar-refractivity contribution in [3.8, 4) is 11.1 Å². The van der Waals surface area contributed by atoms with E-state index in [-0.39, 0.29) is 24.6 Å². The van der Waals surface area contributed by atoms with Gasteiger partial charge in [0.2, 0.25) is 10.0 Å². The number of hydrogen-bond acceptors (Lipinski definition) is 4. The maximum Gasteiger partial charge on any atom is 0.243 e. The van der Waals surface area contributed by atoms with E-state index in [1.165, 1.54) is 5.56 Å². The molecule has 2 aliphatic heterocycles. The third-order valence-corrected chi connectivity index (χ3v) is 9.00. The molecule has 2 aliphatic rings. The number of aliphatic hydroxyl groups excluding tert-OH is 1. The van der Waals surface area contributed by atoms with Crippen LogP contribution in [0, 0.1) is 0 Å². The van der Waals surface area contributed by atoms with Crippen LogP contribution in [0.15, 0.2) is 89.8 Å². The first kappa shape index (κ1) is 22.3. The third-order valence-electron chi connectivity index (χ3n) is 7.12. The lowest BCUT2D eigenvalue weighted by Crippen LogP contribution is -2.67. The molecule has 6 heteroatoms. The molecule has 0 bridgehead atoms. The normalized spacial score (nSPS) is 24.3. The molecule has 0 unspecified atom stereocenters. The van der Waals surface area contributed by atoms with Gasteiger partial charge in [-0.25, -0.2) is 8.42 Å². The number of fused-ring (bicyclic) bond motifs is 1. The van der Waals surface area contributed by atoms with Crippen molar-refractivity contribution in [1.82, 2.24) is 9.21 Å². The highest BCUT2D eigenvalue weighted by molar-refractivity contribution is 7.89. The Morgan fingerprint density at radius 1 is 0.788 bits per heavy atom. The smallest absolute Gasteiger partial charge is 0.243 e. The molecule has 3 aromatic rings. The summed E-state index contributed by atoms with van der Waals surface area (Å²) in [4.78, 5) is 2.65. The van der Waals surface area contributed by atoms with Gasteiger partial charge in [-0.15, -0.1) is 0 Å². The highest BCUT2D eigenvalue weighted by atomic mass is 32.2. The fourth-order valence-corrected chi connectivity index (χ4v) is 6.91. The highest BCUT2D eigenvalue weighted by Crippen LogP contribution is 2.43. The zero-order valence-corrected chi connectivity index (χ0v) is 19.4. The summed E-state index contributed by atoms with van der Waals surface area (Å²) in [5.74, 6) is 0.103. The van der Waals surface area contributed by atoms with Crippen LogP contribution in [0.1, 0.15) is 24.3 Å². The monoisotopic (exact) mass is 462 g/mol. The molecule has 0 aliphatic carbocycles. The second-order valence-electron chi connectivity index (χ2n) is 8.95. The minimum Gasteiger partial charge on any atom is -0.395 e. The largest absolute Gasteiger partial charge is 0.395 e. The van der Waals surface area contributed by atoms with E-state index >= 15 is 0 Å². The van der Waals surface area contributed by atoms with Crippen LogP contribution in [0.25, 0.3) is 11.1 Å². The van der Waals surface area contributed by atoms with Gasteiger partial charge in [0.25, 0.3) is 0 Å². The first-order valence-electron chi connectivity index (χ1n) is 11.7. The van der Waals surface area contributed by atoms with E-state index in [2.05, 4.69) is 41.3 Å². The van der Waals surface area contributed by atoms with Crippen LogP contribution in [0.5, 0.6) is 0 Å². The maximum atomic E-state index is 13.4. The van der Waals surface area contributed by atoms with E-state index in [4.69, 9.17) is 0 Å². The number of aliphatic hydroxyl groups is 1. The van der Waals surface area contributed by atoms with Gasteiger partial charge in [-0.05, 0) is 48.2 Å². The van der Waals surface area contributed by atoms with Gasteiger partial charge >= 0.3 is 0 Å². The summed E-state index contributed by atoms with van der Waals surface area (Å²) in [5, 5.41) is 10.2. The van der Waals surface area contributed by atoms with Gasteiger partial charge in [0.15, 0.2) is 0 Å². The molecule has 172 valence electrons. The molecule has 3 atom stereocenters. The van der Waals surface area contributed by atoms with Crippen LogP contribution in [-0.4, -0.2) is 61.1 Å². The molecule has 0 aromatic heterocycles. The summed E-state index contributed by atoms with van der Waals surface area (Å²) in [6.45, 7) is 1.95. The summed E-state index contributed by atoms with van der Waals surface area (Å²) in [5.41, 5.74) is 3.48. The highest BCUT2D eigenvalue weighted by Gasteiger charge is 2.50. The van der Waals surface area contributed by atoms with Crippen molar-refractivity contribution in [2.75, 3.05) is 26.2 Å². The van der Waals surface area contributed by atoms with E-state index < -0.39 is 10.0 Å². The van der Waals surface area contributed by atoms with E-state index in [1.54, 1.807) is 28.6 Å². The van der Waals surface area contributed by atoms with Gasteiger partial charge in [-0.1, -0.05) is 72.8 Å². The summed E-state index contributed by atoms with van der Waals surface area (Å²) in [6.07, 6.45) is 1.75. The van der Waals surface area contributed by atoms with Crippen LogP contribution < -0.4 is 0 Å². The quantitative estimate of drug-likeness (QED) is 0.623. The second kappa shape index (κ2) is 9.39. The van der Waals surface area contributed by atoms with Crippen LogP contribution >= 0.6 is 0 Å². The van der Waals surface area contributed by atoms with Crippen molar-refractivity contribution in [2.24, 2.45) is 0 Å². The Hall–Kier alpha value is -2.51. The molecule has 0 radical (unpaired) electrons. The topological polar surface area (TPSA) is 60.9 Å². The molecule has 1 N–H and O–H groups in total. The number of benzene rings is 3. The Balaban J connectivity index is 1.42. The summed E-state index contributed by atoms with van der Waals surface area (Å²) < 4.78 is 28.4. The van der Waals surface area contributed by atoms with Crippen molar-refractivity contribution < 1.29 is 13.5 Å². The second-order valence-corrected chi connectivity index (χ2v) is 10.9. The van der Waals surface area contributed by atoms with Crippen LogP contribution in [0.4, 0.5) is 0 Å². The molecule has 5 nitrogen and oxygen atoms in total. The van der Waals surface area contributed by atoms with Gasteiger partial charge in [-0.3, -0.25) is 4.90 Å². The Kier molecular flexibility index (Phi) is 6.34. The lowest BCUT2D eigenvalue weighted by atomic mass is 9.74. The number of nitrogens with zero attached hydrogens (tertiary/aromatic N) is 2. The summed E-state index contributed by atoms with van der Waals surface area (Å²) in [6, 6.07) is 27.6. The van der Waals surface area contributed by atoms with Crippen LogP contribution in [0.2, 0.25) is 0 Å². The summed E-state index contributed by atoms with van der Waals surface area (Å²) >= 11 is 0. The minimum atomic E-state index is -3.55. The van der Waals surface area contributed by atoms with E-state index in [9.17, 15) is 13.5 Å². The average Bonchev–Trinajstić information content (AvgIpc) is 2.84. The zero-order chi connectivity index (χ0) is 22.8. The SMILES string of the molecule is O=S(=O)(c1ccccc1)N1CCCCN2[C@H](CO)[C@@H](c3ccc(-c4ccccc4)cc3)[C@H]2C1. The predicted molar refractivity (Wildman–Crippen MR) is 130 cm³/mol. The molecule has 0 spiro atoms. The first-order chi connectivity index (χ1) is 16.1. The Morgan fingerprint density at radius 3 is 2.06 bits per heavy atom. The fourth-order valence-electron chi connectivity index (χ4n) is 5.40. The van der Waals surface area contributed by atoms with Gasteiger partial charge in [0.05, 0.1) is 11.5 Å². The van der Waals surface area contributed by atoms with E-state index in [0.29, 0.717) is 18.0 Å². The van der Waals surface area contributed by atoms with Crippen LogP contribution in [-0.2, 0) is 10.0 Å². The lowest BCUT2D eigenvalue weighted by molar-refractivity contribution is -0.0553. The first-order valence-corrected chi connectivity index (χ1v) is 13.1. The maximum absolute atomic E-state index is 13.4.